The number of carbonyl (C=O) groups excluding carboxylic acids is 3. The van der Waals surface area contributed by atoms with Crippen molar-refractivity contribution in [2.75, 3.05) is 33.3 Å². The number of hydrogen-bond donors (Lipinski definition) is 1. The molecular formula is C29H28FN5O4. The van der Waals surface area contributed by atoms with E-state index >= 15 is 0 Å². The number of carbonyl (C=O) groups is 3. The summed E-state index contributed by atoms with van der Waals surface area (Å²) >= 11 is 0. The Bertz CT molecular complexity index is 1650. The van der Waals surface area contributed by atoms with Crippen molar-refractivity contribution in [2.24, 2.45) is 0 Å². The van der Waals surface area contributed by atoms with Gasteiger partial charge in [-0.1, -0.05) is 24.3 Å². The van der Waals surface area contributed by atoms with Gasteiger partial charge in [0.05, 0.1) is 30.6 Å². The number of aromatic amines is 1. The molecule has 4 heterocycles. The van der Waals surface area contributed by atoms with Crippen molar-refractivity contribution in [1.82, 2.24) is 24.7 Å². The molecule has 39 heavy (non-hydrogen) atoms. The van der Waals surface area contributed by atoms with Gasteiger partial charge in [0.1, 0.15) is 0 Å². The summed E-state index contributed by atoms with van der Waals surface area (Å²) < 4.78 is 19.5. The normalized spacial score (nSPS) is 15.8. The number of imide groups is 1. The van der Waals surface area contributed by atoms with E-state index in [2.05, 4.69) is 11.1 Å². The van der Waals surface area contributed by atoms with E-state index < -0.39 is 23.7 Å². The van der Waals surface area contributed by atoms with Gasteiger partial charge in [-0.3, -0.25) is 19.5 Å². The van der Waals surface area contributed by atoms with Gasteiger partial charge in [-0.25, -0.2) is 9.18 Å². The van der Waals surface area contributed by atoms with E-state index in [-0.39, 0.29) is 18.8 Å². The zero-order valence-electron chi connectivity index (χ0n) is 21.8. The lowest BCUT2D eigenvalue weighted by molar-refractivity contribution is -0.153. The summed E-state index contributed by atoms with van der Waals surface area (Å²) in [5.41, 5.74) is 5.13. The second-order valence-corrected chi connectivity index (χ2v) is 9.85. The first-order valence-electron chi connectivity index (χ1n) is 13.0. The maximum atomic E-state index is 14.5. The maximum Gasteiger partial charge on any atom is 0.327 e. The number of ether oxygens (including phenoxy) is 1. The number of urea groups is 1. The molecule has 10 heteroatoms. The number of halogens is 1. The van der Waals surface area contributed by atoms with Crippen LogP contribution in [0, 0.1) is 5.82 Å². The number of likely N-dealkylation sites (N-methyl/N-ethyl adjacent to an activating group) is 1. The molecule has 2 aliphatic heterocycles. The molecule has 2 aliphatic rings. The van der Waals surface area contributed by atoms with Crippen LogP contribution in [0.1, 0.15) is 29.4 Å². The van der Waals surface area contributed by atoms with Crippen molar-refractivity contribution in [3.63, 3.8) is 0 Å². The van der Waals surface area contributed by atoms with Crippen LogP contribution >= 0.6 is 0 Å². The molecule has 0 saturated carbocycles. The monoisotopic (exact) mass is 529 g/mol. The first kappa shape index (κ1) is 24.8. The van der Waals surface area contributed by atoms with Crippen molar-refractivity contribution in [3.8, 4) is 5.75 Å². The van der Waals surface area contributed by atoms with Crippen molar-refractivity contribution in [2.45, 2.75) is 26.3 Å². The fourth-order valence-corrected chi connectivity index (χ4v) is 5.64. The minimum absolute atomic E-state index is 0.170. The van der Waals surface area contributed by atoms with Gasteiger partial charge in [-0.05, 0) is 42.7 Å². The van der Waals surface area contributed by atoms with E-state index in [1.165, 1.54) is 18.1 Å². The number of pyridine rings is 1. The summed E-state index contributed by atoms with van der Waals surface area (Å²) in [4.78, 5) is 51.0. The first-order chi connectivity index (χ1) is 18.9. The molecule has 4 aromatic rings. The maximum absolute atomic E-state index is 14.5. The van der Waals surface area contributed by atoms with Gasteiger partial charge in [0.25, 0.3) is 0 Å². The Hall–Kier alpha value is -4.47. The highest BCUT2D eigenvalue weighted by Gasteiger charge is 2.38. The van der Waals surface area contributed by atoms with Crippen molar-refractivity contribution >= 4 is 39.7 Å². The van der Waals surface area contributed by atoms with Crippen molar-refractivity contribution in [3.05, 3.63) is 70.8 Å². The van der Waals surface area contributed by atoms with E-state index in [1.807, 2.05) is 24.3 Å². The summed E-state index contributed by atoms with van der Waals surface area (Å²) in [6.07, 6.45) is 0.929. The number of H-pyrrole nitrogens is 1. The number of amides is 4. The van der Waals surface area contributed by atoms with Crippen LogP contribution in [0.15, 0.2) is 42.5 Å². The van der Waals surface area contributed by atoms with E-state index in [0.29, 0.717) is 32.5 Å². The molecule has 2 aromatic carbocycles. The van der Waals surface area contributed by atoms with Crippen LogP contribution in [-0.4, -0.2) is 75.8 Å². The zero-order chi connectivity index (χ0) is 27.3. The fourth-order valence-electron chi connectivity index (χ4n) is 5.64. The number of fused-ring (bicyclic) bond motifs is 5. The van der Waals surface area contributed by atoms with Crippen molar-refractivity contribution < 1.29 is 23.5 Å². The Morgan fingerprint density at radius 3 is 2.69 bits per heavy atom. The zero-order valence-corrected chi connectivity index (χ0v) is 21.8. The molecule has 4 amide bonds. The van der Waals surface area contributed by atoms with Gasteiger partial charge < -0.3 is 19.5 Å². The molecule has 9 nitrogen and oxygen atoms in total. The number of piperazine rings is 1. The molecule has 0 atom stereocenters. The molecule has 0 radical (unpaired) electrons. The number of hydrogen-bond acceptors (Lipinski definition) is 5. The van der Waals surface area contributed by atoms with Gasteiger partial charge >= 0.3 is 17.8 Å². The van der Waals surface area contributed by atoms with Gasteiger partial charge in [-0.2, -0.15) is 0 Å². The molecule has 1 fully saturated rings. The highest BCUT2D eigenvalue weighted by molar-refractivity contribution is 6.38. The standard InChI is InChI=1S/C29H28FN5O4/c1-3-33-12-13-35(28(37)27(33)36)29(38)34-11-10-19-23(16-34)31-22(15-17-8-9-24(39-2)20(30)14-17)26-25(19)18-6-4-5-7-21(18)32-26/h4-9,14,32H,3,10-13,15-16H2,1-2H3. The third-order valence-electron chi connectivity index (χ3n) is 7.67. The largest absolute Gasteiger partial charge is 0.494 e. The van der Waals surface area contributed by atoms with Crippen LogP contribution in [0.25, 0.3) is 21.8 Å². The van der Waals surface area contributed by atoms with Gasteiger partial charge in [0.2, 0.25) is 0 Å². The molecule has 1 N–H and O–H groups in total. The Balaban J connectivity index is 1.38. The molecule has 2 aromatic heterocycles. The Labute approximate surface area is 224 Å². The summed E-state index contributed by atoms with van der Waals surface area (Å²) in [6, 6.07) is 12.4. The molecule has 0 spiro atoms. The van der Waals surface area contributed by atoms with Crippen LogP contribution in [0.3, 0.4) is 0 Å². The quantitative estimate of drug-likeness (QED) is 0.407. The van der Waals surface area contributed by atoms with Crippen LogP contribution in [0.4, 0.5) is 9.18 Å². The molecule has 6 rings (SSSR count). The number of benzene rings is 2. The summed E-state index contributed by atoms with van der Waals surface area (Å²) in [6.45, 7) is 3.34. The van der Waals surface area contributed by atoms with Crippen LogP contribution in [-0.2, 0) is 29.0 Å². The molecule has 200 valence electrons. The fraction of sp³-hybridized carbons (Fsp3) is 0.310. The molecule has 0 aliphatic carbocycles. The second-order valence-electron chi connectivity index (χ2n) is 9.85. The molecule has 1 saturated heterocycles. The van der Waals surface area contributed by atoms with Crippen LogP contribution in [0.5, 0.6) is 5.75 Å². The summed E-state index contributed by atoms with van der Waals surface area (Å²) in [5, 5.41) is 2.11. The summed E-state index contributed by atoms with van der Waals surface area (Å²) in [5.74, 6) is -1.71. The van der Waals surface area contributed by atoms with E-state index in [0.717, 1.165) is 49.2 Å². The van der Waals surface area contributed by atoms with E-state index in [1.54, 1.807) is 17.9 Å². The SMILES string of the molecule is CCN1CCN(C(=O)N2CCc3c(nc(Cc4ccc(OC)c(F)c4)c4[nH]c5ccccc5c34)C2)C(=O)C1=O. The Morgan fingerprint density at radius 2 is 1.92 bits per heavy atom. The lowest BCUT2D eigenvalue weighted by Crippen LogP contribution is -2.59. The first-order valence-corrected chi connectivity index (χ1v) is 13.0. The van der Waals surface area contributed by atoms with Crippen molar-refractivity contribution in [1.29, 1.82) is 0 Å². The highest BCUT2D eigenvalue weighted by atomic mass is 19.1. The smallest absolute Gasteiger partial charge is 0.327 e. The van der Waals surface area contributed by atoms with Crippen LogP contribution < -0.4 is 4.74 Å². The van der Waals surface area contributed by atoms with Gasteiger partial charge in [0, 0.05) is 48.9 Å². The number of para-hydroxylation sites is 1. The lowest BCUT2D eigenvalue weighted by Gasteiger charge is -2.36. The Kier molecular flexibility index (Phi) is 6.17. The molecular weight excluding hydrogens is 501 g/mol. The number of rotatable bonds is 4. The Morgan fingerprint density at radius 1 is 1.10 bits per heavy atom. The van der Waals surface area contributed by atoms with Gasteiger partial charge in [0.15, 0.2) is 11.6 Å². The van der Waals surface area contributed by atoms with Crippen LogP contribution in [0.2, 0.25) is 0 Å². The topological polar surface area (TPSA) is 98.8 Å². The minimum Gasteiger partial charge on any atom is -0.494 e. The number of nitrogens with one attached hydrogen (secondary N) is 1. The number of nitrogens with zero attached hydrogens (tertiary/aromatic N) is 4. The molecule has 0 unspecified atom stereocenters. The lowest BCUT2D eigenvalue weighted by atomic mass is 9.96. The average molecular weight is 530 g/mol. The van der Waals surface area contributed by atoms with Gasteiger partial charge in [-0.15, -0.1) is 0 Å². The van der Waals surface area contributed by atoms with E-state index in [9.17, 15) is 18.8 Å². The van der Waals surface area contributed by atoms with E-state index in [4.69, 9.17) is 9.72 Å². The third-order valence-corrected chi connectivity index (χ3v) is 7.67. The third kappa shape index (κ3) is 4.16. The molecule has 0 bridgehead atoms. The predicted molar refractivity (Wildman–Crippen MR) is 143 cm³/mol. The predicted octanol–water partition coefficient (Wildman–Crippen LogP) is 3.62. The average Bonchev–Trinajstić information content (AvgIpc) is 3.34. The second kappa shape index (κ2) is 9.68. The summed E-state index contributed by atoms with van der Waals surface area (Å²) in [7, 11) is 1.43. The number of methoxy groups -OCH3 is 1. The highest BCUT2D eigenvalue weighted by Crippen LogP contribution is 2.35. The minimum atomic E-state index is -0.791. The number of aromatic nitrogens is 2.